The van der Waals surface area contributed by atoms with Crippen molar-refractivity contribution < 1.29 is 22.7 Å². The van der Waals surface area contributed by atoms with E-state index in [0.29, 0.717) is 35.5 Å². The van der Waals surface area contributed by atoms with Crippen LogP contribution < -0.4 is 4.74 Å². The zero-order valence-corrected chi connectivity index (χ0v) is 21.2. The second-order valence-electron chi connectivity index (χ2n) is 8.83. The number of piperazine rings is 1. The average molecular weight is 498 g/mol. The molecule has 0 radical (unpaired) electrons. The lowest BCUT2D eigenvalue weighted by Gasteiger charge is -2.34. The molecule has 0 bridgehead atoms. The molecule has 35 heavy (non-hydrogen) atoms. The summed E-state index contributed by atoms with van der Waals surface area (Å²) in [7, 11) is -2.48. The summed E-state index contributed by atoms with van der Waals surface area (Å²) in [4.78, 5) is 30.0. The van der Waals surface area contributed by atoms with E-state index in [4.69, 9.17) is 4.74 Å². The van der Waals surface area contributed by atoms with E-state index < -0.39 is 15.9 Å². The Balaban J connectivity index is 1.46. The number of benzene rings is 2. The molecular formula is C26H31N3O5S. The molecule has 2 aliphatic rings. The van der Waals surface area contributed by atoms with E-state index >= 15 is 0 Å². The molecule has 0 atom stereocenters. The van der Waals surface area contributed by atoms with E-state index in [0.717, 1.165) is 30.4 Å². The van der Waals surface area contributed by atoms with Crippen LogP contribution in [0.5, 0.6) is 5.75 Å². The Labute approximate surface area is 206 Å². The molecule has 1 saturated heterocycles. The summed E-state index contributed by atoms with van der Waals surface area (Å²) in [5.74, 6) is 0.0286. The van der Waals surface area contributed by atoms with Gasteiger partial charge in [-0.05, 0) is 67.4 Å². The maximum absolute atomic E-state index is 13.3. The van der Waals surface area contributed by atoms with Gasteiger partial charge in [-0.2, -0.15) is 0 Å². The molecule has 0 N–H and O–H groups in total. The molecule has 186 valence electrons. The number of hydrogen-bond donors (Lipinski definition) is 0. The third-order valence-electron chi connectivity index (χ3n) is 6.51. The van der Waals surface area contributed by atoms with E-state index in [9.17, 15) is 18.0 Å². The van der Waals surface area contributed by atoms with Gasteiger partial charge in [-0.25, -0.2) is 12.7 Å². The molecule has 2 aromatic carbocycles. The quantitative estimate of drug-likeness (QED) is 0.585. The van der Waals surface area contributed by atoms with Gasteiger partial charge in [0.1, 0.15) is 10.7 Å². The van der Waals surface area contributed by atoms with Crippen molar-refractivity contribution in [2.45, 2.75) is 26.8 Å². The number of carbonyl (C=O) groups excluding carboxylic acids is 2. The van der Waals surface area contributed by atoms with E-state index in [1.807, 2.05) is 4.90 Å². The fraction of sp³-hybridized carbons (Fsp3) is 0.385. The first-order valence-electron chi connectivity index (χ1n) is 11.8. The van der Waals surface area contributed by atoms with E-state index in [2.05, 4.69) is 11.8 Å². The summed E-state index contributed by atoms with van der Waals surface area (Å²) in [5.41, 5.74) is 1.82. The van der Waals surface area contributed by atoms with Gasteiger partial charge in [0.05, 0.1) is 13.7 Å². The van der Waals surface area contributed by atoms with E-state index in [-0.39, 0.29) is 22.9 Å². The Morgan fingerprint density at radius 1 is 0.971 bits per heavy atom. The highest BCUT2D eigenvalue weighted by Gasteiger charge is 2.42. The van der Waals surface area contributed by atoms with Crippen molar-refractivity contribution in [1.29, 1.82) is 0 Å². The molecule has 0 aliphatic carbocycles. The lowest BCUT2D eigenvalue weighted by Crippen LogP contribution is -2.48. The molecule has 4 rings (SSSR count). The molecule has 1 fully saturated rings. The first-order chi connectivity index (χ1) is 16.8. The van der Waals surface area contributed by atoms with Crippen molar-refractivity contribution in [3.8, 4) is 5.75 Å². The van der Waals surface area contributed by atoms with Crippen LogP contribution in [0.4, 0.5) is 0 Å². The van der Waals surface area contributed by atoms with Crippen molar-refractivity contribution in [2.75, 3.05) is 39.8 Å². The summed E-state index contributed by atoms with van der Waals surface area (Å²) < 4.78 is 32.6. The largest absolute Gasteiger partial charge is 0.497 e. The number of nitrogens with zero attached hydrogens (tertiary/aromatic N) is 3. The van der Waals surface area contributed by atoms with Crippen LogP contribution in [-0.2, 0) is 21.4 Å². The Morgan fingerprint density at radius 2 is 1.60 bits per heavy atom. The zero-order valence-electron chi connectivity index (χ0n) is 20.4. The molecular weight excluding hydrogens is 466 g/mol. The molecule has 9 heteroatoms. The lowest BCUT2D eigenvalue weighted by molar-refractivity contribution is -0.122. The number of ether oxygens (including phenoxy) is 1. The average Bonchev–Trinajstić information content (AvgIpc) is 3.03. The predicted molar refractivity (Wildman–Crippen MR) is 134 cm³/mol. The van der Waals surface area contributed by atoms with Crippen molar-refractivity contribution >= 4 is 26.7 Å². The first kappa shape index (κ1) is 24.9. The van der Waals surface area contributed by atoms with Crippen LogP contribution in [-0.4, -0.2) is 74.2 Å². The van der Waals surface area contributed by atoms with Gasteiger partial charge in [-0.15, -0.1) is 0 Å². The molecule has 8 nitrogen and oxygen atoms in total. The van der Waals surface area contributed by atoms with Crippen molar-refractivity contribution in [3.05, 3.63) is 70.8 Å². The summed E-state index contributed by atoms with van der Waals surface area (Å²) >= 11 is 0. The minimum absolute atomic E-state index is 0.0131. The molecule has 2 amide bonds. The molecule has 2 aromatic rings. The molecule has 2 heterocycles. The maximum atomic E-state index is 13.3. The zero-order chi connectivity index (χ0) is 25.2. The van der Waals surface area contributed by atoms with Gasteiger partial charge in [0.15, 0.2) is 0 Å². The van der Waals surface area contributed by atoms with Crippen molar-refractivity contribution in [2.24, 2.45) is 0 Å². The van der Waals surface area contributed by atoms with Crippen LogP contribution in [0.3, 0.4) is 0 Å². The second-order valence-corrected chi connectivity index (χ2v) is 10.6. The summed E-state index contributed by atoms with van der Waals surface area (Å²) in [6.45, 7) is 7.76. The second kappa shape index (κ2) is 10.2. The lowest BCUT2D eigenvalue weighted by atomic mass is 10.1. The van der Waals surface area contributed by atoms with Gasteiger partial charge in [-0.1, -0.05) is 19.1 Å². The van der Waals surface area contributed by atoms with E-state index in [1.54, 1.807) is 48.5 Å². The molecule has 0 unspecified atom stereocenters. The highest BCUT2D eigenvalue weighted by Crippen LogP contribution is 2.37. The predicted octanol–water partition coefficient (Wildman–Crippen LogP) is 2.97. The van der Waals surface area contributed by atoms with Crippen LogP contribution in [0.1, 0.15) is 41.8 Å². The topological polar surface area (TPSA) is 87.2 Å². The van der Waals surface area contributed by atoms with Crippen LogP contribution in [0, 0.1) is 0 Å². The highest BCUT2D eigenvalue weighted by molar-refractivity contribution is 7.99. The molecule has 0 aromatic heterocycles. The fourth-order valence-corrected chi connectivity index (χ4v) is 6.36. The van der Waals surface area contributed by atoms with Crippen LogP contribution in [0.15, 0.2) is 54.1 Å². The van der Waals surface area contributed by atoms with Gasteiger partial charge in [0.25, 0.3) is 21.8 Å². The van der Waals surface area contributed by atoms with Gasteiger partial charge >= 0.3 is 0 Å². The number of sulfonamides is 1. The van der Waals surface area contributed by atoms with Crippen LogP contribution >= 0.6 is 0 Å². The monoisotopic (exact) mass is 497 g/mol. The fourth-order valence-electron chi connectivity index (χ4n) is 4.55. The normalized spacial score (nSPS) is 18.3. The van der Waals surface area contributed by atoms with Gasteiger partial charge in [0.2, 0.25) is 0 Å². The number of hydrogen-bond acceptors (Lipinski definition) is 6. The number of methoxy groups -OCH3 is 1. The van der Waals surface area contributed by atoms with Gasteiger partial charge in [-0.3, -0.25) is 14.5 Å². The smallest absolute Gasteiger partial charge is 0.268 e. The Hall–Kier alpha value is -3.17. The van der Waals surface area contributed by atoms with Crippen molar-refractivity contribution in [3.63, 3.8) is 0 Å². The van der Waals surface area contributed by atoms with Gasteiger partial charge in [0, 0.05) is 37.3 Å². The molecule has 2 aliphatic heterocycles. The summed E-state index contributed by atoms with van der Waals surface area (Å²) in [6.07, 6.45) is 1.10. The number of carbonyl (C=O) groups is 2. The van der Waals surface area contributed by atoms with Crippen LogP contribution in [0.25, 0.3) is 4.91 Å². The van der Waals surface area contributed by atoms with E-state index in [1.165, 1.54) is 14.0 Å². The molecule has 0 saturated carbocycles. The minimum atomic E-state index is -4.01. The number of amides is 2. The minimum Gasteiger partial charge on any atom is -0.497 e. The van der Waals surface area contributed by atoms with Gasteiger partial charge < -0.3 is 9.64 Å². The highest BCUT2D eigenvalue weighted by atomic mass is 32.2. The summed E-state index contributed by atoms with van der Waals surface area (Å²) in [6, 6.07) is 13.4. The maximum Gasteiger partial charge on any atom is 0.268 e. The third kappa shape index (κ3) is 4.97. The Morgan fingerprint density at radius 3 is 2.17 bits per heavy atom. The third-order valence-corrected chi connectivity index (χ3v) is 8.45. The Bertz CT molecular complexity index is 1230. The number of rotatable bonds is 7. The SMILES string of the molecule is CCCN1CCN(C(=O)c2ccc(CN3C(=O)C(C)=C(c4ccc(OC)cc4)S3(=O)=O)cc2)CC1. The summed E-state index contributed by atoms with van der Waals surface area (Å²) in [5, 5.41) is 0. The van der Waals surface area contributed by atoms with Crippen LogP contribution in [0.2, 0.25) is 0 Å². The first-order valence-corrected chi connectivity index (χ1v) is 13.2. The Kier molecular flexibility index (Phi) is 7.28. The molecule has 0 spiro atoms. The van der Waals surface area contributed by atoms with Crippen molar-refractivity contribution in [1.82, 2.24) is 14.1 Å². The standard InChI is InChI=1S/C26H31N3O5S/c1-4-13-27-14-16-28(17-15-27)26(31)22-7-5-20(6-8-22)18-29-25(30)19(2)24(35(29,32)33)21-9-11-23(34-3)12-10-21/h5-12H,4,13-18H2,1-3H3.